The molecular formula is C15H19NO3. The lowest BCUT2D eigenvalue weighted by Crippen LogP contribution is -2.22. The van der Waals surface area contributed by atoms with E-state index in [9.17, 15) is 14.7 Å². The van der Waals surface area contributed by atoms with Crippen molar-refractivity contribution in [3.8, 4) is 0 Å². The molecule has 1 aromatic rings. The van der Waals surface area contributed by atoms with E-state index in [1.807, 2.05) is 32.0 Å². The summed E-state index contributed by atoms with van der Waals surface area (Å²) in [5, 5.41) is 9.22. The van der Waals surface area contributed by atoms with Crippen LogP contribution in [0.15, 0.2) is 18.2 Å². The zero-order valence-electron chi connectivity index (χ0n) is 11.5. The van der Waals surface area contributed by atoms with Gasteiger partial charge in [-0.25, -0.2) is 0 Å². The van der Waals surface area contributed by atoms with Gasteiger partial charge in [-0.2, -0.15) is 0 Å². The molecule has 1 amide bonds. The van der Waals surface area contributed by atoms with Crippen LogP contribution in [0.4, 0.5) is 5.69 Å². The minimum absolute atomic E-state index is 0.0887. The molecule has 102 valence electrons. The summed E-state index contributed by atoms with van der Waals surface area (Å²) in [6.07, 6.45) is 0.928. The van der Waals surface area contributed by atoms with Gasteiger partial charge in [-0.1, -0.05) is 26.0 Å². The van der Waals surface area contributed by atoms with Gasteiger partial charge in [0.05, 0.1) is 12.3 Å². The van der Waals surface area contributed by atoms with Crippen molar-refractivity contribution in [3.63, 3.8) is 0 Å². The first-order valence-corrected chi connectivity index (χ1v) is 6.51. The first-order chi connectivity index (χ1) is 8.90. The third-order valence-corrected chi connectivity index (χ3v) is 3.80. The number of nitrogens with zero attached hydrogens (tertiary/aromatic N) is 1. The topological polar surface area (TPSA) is 57.6 Å². The van der Waals surface area contributed by atoms with E-state index in [-0.39, 0.29) is 17.7 Å². The Kier molecular flexibility index (Phi) is 3.60. The van der Waals surface area contributed by atoms with E-state index in [1.54, 1.807) is 11.9 Å². The van der Waals surface area contributed by atoms with E-state index < -0.39 is 5.97 Å². The van der Waals surface area contributed by atoms with Gasteiger partial charge >= 0.3 is 5.97 Å². The number of hydrogen-bond acceptors (Lipinski definition) is 2. The van der Waals surface area contributed by atoms with E-state index in [1.165, 1.54) is 0 Å². The van der Waals surface area contributed by atoms with Crippen LogP contribution in [0.2, 0.25) is 0 Å². The minimum atomic E-state index is -0.760. The highest BCUT2D eigenvalue weighted by molar-refractivity contribution is 6.00. The summed E-state index contributed by atoms with van der Waals surface area (Å²) in [5.74, 6) is -0.961. The van der Waals surface area contributed by atoms with Crippen LogP contribution in [0.25, 0.3) is 0 Å². The highest BCUT2D eigenvalue weighted by Crippen LogP contribution is 2.29. The number of hydrogen-bond donors (Lipinski definition) is 1. The number of likely N-dealkylation sites (N-methyl/N-ethyl adjacent to an activating group) is 1. The van der Waals surface area contributed by atoms with E-state index in [0.717, 1.165) is 16.8 Å². The number of carboxylic acids is 1. The molecule has 1 heterocycles. The second kappa shape index (κ2) is 5.03. The van der Waals surface area contributed by atoms with Gasteiger partial charge in [0, 0.05) is 12.7 Å². The quantitative estimate of drug-likeness (QED) is 0.903. The number of benzene rings is 1. The molecule has 1 unspecified atom stereocenters. The van der Waals surface area contributed by atoms with Crippen molar-refractivity contribution in [2.24, 2.45) is 11.8 Å². The van der Waals surface area contributed by atoms with Crippen LogP contribution >= 0.6 is 0 Å². The molecule has 0 fully saturated rings. The largest absolute Gasteiger partial charge is 0.481 e. The Morgan fingerprint density at radius 3 is 2.68 bits per heavy atom. The maximum Gasteiger partial charge on any atom is 0.307 e. The lowest BCUT2D eigenvalue weighted by Gasteiger charge is -2.17. The van der Waals surface area contributed by atoms with Crippen molar-refractivity contribution in [3.05, 3.63) is 29.3 Å². The number of rotatable bonds is 4. The maximum absolute atomic E-state index is 11.6. The summed E-state index contributed by atoms with van der Waals surface area (Å²) >= 11 is 0. The van der Waals surface area contributed by atoms with Crippen LogP contribution in [0, 0.1) is 11.8 Å². The number of amides is 1. The molecular weight excluding hydrogens is 242 g/mol. The molecule has 1 N–H and O–H groups in total. The second-order valence-electron chi connectivity index (χ2n) is 5.49. The minimum Gasteiger partial charge on any atom is -0.481 e. The third-order valence-electron chi connectivity index (χ3n) is 3.80. The summed E-state index contributed by atoms with van der Waals surface area (Å²) in [4.78, 5) is 24.5. The Hall–Kier alpha value is -1.84. The third kappa shape index (κ3) is 2.62. The average Bonchev–Trinajstić information content (AvgIpc) is 2.61. The van der Waals surface area contributed by atoms with Gasteiger partial charge in [0.2, 0.25) is 5.91 Å². The molecule has 0 saturated heterocycles. The first kappa shape index (κ1) is 13.6. The van der Waals surface area contributed by atoms with E-state index in [2.05, 4.69) is 0 Å². The molecule has 1 aliphatic rings. The van der Waals surface area contributed by atoms with E-state index in [4.69, 9.17) is 0 Å². The fourth-order valence-corrected chi connectivity index (χ4v) is 2.51. The number of carbonyl (C=O) groups is 2. The molecule has 0 aromatic heterocycles. The molecule has 2 rings (SSSR count). The Bertz CT molecular complexity index is 522. The smallest absolute Gasteiger partial charge is 0.307 e. The molecule has 4 heteroatoms. The summed E-state index contributed by atoms with van der Waals surface area (Å²) in [6, 6.07) is 5.80. The predicted octanol–water partition coefficient (Wildman–Crippen LogP) is 2.10. The lowest BCUT2D eigenvalue weighted by molar-refractivity contribution is -0.143. The van der Waals surface area contributed by atoms with Crippen LogP contribution in [-0.2, 0) is 22.4 Å². The van der Waals surface area contributed by atoms with Gasteiger partial charge in [0.25, 0.3) is 0 Å². The Balaban J connectivity index is 2.22. The lowest BCUT2D eigenvalue weighted by atomic mass is 9.89. The van der Waals surface area contributed by atoms with Gasteiger partial charge in [0.1, 0.15) is 0 Å². The molecule has 0 spiro atoms. The number of carboxylic acid groups (broad SMARTS) is 1. The van der Waals surface area contributed by atoms with Crippen LogP contribution in [0.5, 0.6) is 0 Å². The van der Waals surface area contributed by atoms with Crippen molar-refractivity contribution in [1.29, 1.82) is 0 Å². The van der Waals surface area contributed by atoms with Gasteiger partial charge in [-0.3, -0.25) is 9.59 Å². The van der Waals surface area contributed by atoms with Gasteiger partial charge < -0.3 is 10.0 Å². The highest BCUT2D eigenvalue weighted by Gasteiger charge is 2.26. The second-order valence-corrected chi connectivity index (χ2v) is 5.49. The molecule has 0 bridgehead atoms. The average molecular weight is 261 g/mol. The SMILES string of the molecule is CC(C)C(Cc1ccc2c(c1)CC(=O)N2C)C(=O)O. The fourth-order valence-electron chi connectivity index (χ4n) is 2.51. The van der Waals surface area contributed by atoms with Crippen LogP contribution in [0.3, 0.4) is 0 Å². The molecule has 1 aliphatic heterocycles. The van der Waals surface area contributed by atoms with Gasteiger partial charge in [-0.05, 0) is 29.5 Å². The zero-order valence-corrected chi connectivity index (χ0v) is 11.5. The standard InChI is InChI=1S/C15H19NO3/c1-9(2)12(15(18)19)7-10-4-5-13-11(6-10)8-14(17)16(13)3/h4-6,9,12H,7-8H2,1-3H3,(H,18,19). The van der Waals surface area contributed by atoms with Gasteiger partial charge in [-0.15, -0.1) is 0 Å². The van der Waals surface area contributed by atoms with Crippen molar-refractivity contribution < 1.29 is 14.7 Å². The number of aliphatic carboxylic acids is 1. The number of carbonyl (C=O) groups excluding carboxylic acids is 1. The zero-order chi connectivity index (χ0) is 14.2. The Labute approximate surface area is 113 Å². The Morgan fingerprint density at radius 2 is 2.11 bits per heavy atom. The van der Waals surface area contributed by atoms with Crippen LogP contribution in [0.1, 0.15) is 25.0 Å². The fraction of sp³-hybridized carbons (Fsp3) is 0.467. The molecule has 1 aromatic carbocycles. The summed E-state index contributed by atoms with van der Waals surface area (Å²) < 4.78 is 0. The number of fused-ring (bicyclic) bond motifs is 1. The van der Waals surface area contributed by atoms with E-state index in [0.29, 0.717) is 12.8 Å². The van der Waals surface area contributed by atoms with Gasteiger partial charge in [0.15, 0.2) is 0 Å². The summed E-state index contributed by atoms with van der Waals surface area (Å²) in [7, 11) is 1.77. The molecule has 0 aliphatic carbocycles. The normalized spacial score (nSPS) is 15.8. The van der Waals surface area contributed by atoms with Crippen LogP contribution in [-0.4, -0.2) is 24.0 Å². The molecule has 19 heavy (non-hydrogen) atoms. The maximum atomic E-state index is 11.6. The molecule has 0 saturated carbocycles. The van der Waals surface area contributed by atoms with Crippen molar-refractivity contribution in [1.82, 2.24) is 0 Å². The molecule has 0 radical (unpaired) electrons. The summed E-state index contributed by atoms with van der Waals surface area (Å²) in [5.41, 5.74) is 2.92. The highest BCUT2D eigenvalue weighted by atomic mass is 16.4. The monoisotopic (exact) mass is 261 g/mol. The van der Waals surface area contributed by atoms with Crippen molar-refractivity contribution >= 4 is 17.6 Å². The Morgan fingerprint density at radius 1 is 1.42 bits per heavy atom. The number of anilines is 1. The van der Waals surface area contributed by atoms with E-state index >= 15 is 0 Å². The molecule has 4 nitrogen and oxygen atoms in total. The van der Waals surface area contributed by atoms with Crippen molar-refractivity contribution in [2.75, 3.05) is 11.9 Å². The van der Waals surface area contributed by atoms with Crippen LogP contribution < -0.4 is 4.90 Å². The summed E-state index contributed by atoms with van der Waals surface area (Å²) in [6.45, 7) is 3.84. The predicted molar refractivity (Wildman–Crippen MR) is 73.2 cm³/mol. The van der Waals surface area contributed by atoms with Crippen molar-refractivity contribution in [2.45, 2.75) is 26.7 Å². The first-order valence-electron chi connectivity index (χ1n) is 6.51. The molecule has 1 atom stereocenters.